The molecule has 0 bridgehead atoms. The Morgan fingerprint density at radius 2 is 2.18 bits per heavy atom. The second-order valence-electron chi connectivity index (χ2n) is 3.30. The number of hydrogen-bond acceptors (Lipinski definition) is 2. The minimum atomic E-state index is -0.771. The zero-order chi connectivity index (χ0) is 7.84. The number of rotatable bonds is 0. The van der Waals surface area contributed by atoms with Crippen molar-refractivity contribution in [2.45, 2.75) is 37.8 Å². The van der Waals surface area contributed by atoms with Crippen LogP contribution in [0.3, 0.4) is 0 Å². The van der Waals surface area contributed by atoms with Crippen molar-refractivity contribution < 1.29 is 4.52 Å². The quantitative estimate of drug-likeness (QED) is 0.549. The lowest BCUT2D eigenvalue weighted by molar-refractivity contribution is 0.155. The van der Waals surface area contributed by atoms with Crippen LogP contribution in [0.25, 0.3) is 0 Å². The van der Waals surface area contributed by atoms with Crippen LogP contribution in [-0.2, 0) is 4.52 Å². The number of hydrogen-bond donors (Lipinski definition) is 0. The van der Waals surface area contributed by atoms with Crippen molar-refractivity contribution in [3.63, 3.8) is 0 Å². The largest absolute Gasteiger partial charge is 0.326 e. The highest BCUT2D eigenvalue weighted by Crippen LogP contribution is 2.56. The van der Waals surface area contributed by atoms with Crippen molar-refractivity contribution >= 4 is 18.9 Å². The molecule has 2 fully saturated rings. The lowest BCUT2D eigenvalue weighted by atomic mass is 9.93. The number of likely N-dealkylation sites (N-methyl/N-ethyl adjacent to an activating group) is 1. The minimum Gasteiger partial charge on any atom is -0.326 e. The first-order valence-electron chi connectivity index (χ1n) is 4.14. The topological polar surface area (TPSA) is 12.5 Å². The summed E-state index contributed by atoms with van der Waals surface area (Å²) in [5.41, 5.74) is 0. The maximum atomic E-state index is 6.01. The van der Waals surface area contributed by atoms with E-state index in [0.717, 1.165) is 0 Å². The van der Waals surface area contributed by atoms with E-state index in [9.17, 15) is 0 Å². The molecule has 0 N–H and O–H groups in total. The van der Waals surface area contributed by atoms with Crippen LogP contribution in [0.15, 0.2) is 0 Å². The number of fused-ring (bicyclic) bond motifs is 1. The summed E-state index contributed by atoms with van der Waals surface area (Å²) in [4.78, 5) is 0. The highest BCUT2D eigenvalue weighted by molar-refractivity contribution is 7.78. The molecule has 1 unspecified atom stereocenters. The molecule has 0 amide bonds. The van der Waals surface area contributed by atoms with Crippen molar-refractivity contribution in [3.8, 4) is 0 Å². The molecule has 11 heavy (non-hydrogen) atoms. The van der Waals surface area contributed by atoms with Gasteiger partial charge in [-0.05, 0) is 31.1 Å². The van der Waals surface area contributed by atoms with Gasteiger partial charge in [0, 0.05) is 6.04 Å². The Labute approximate surface area is 73.5 Å². The highest BCUT2D eigenvalue weighted by Gasteiger charge is 2.40. The summed E-state index contributed by atoms with van der Waals surface area (Å²) >= 11 is 6.01. The first-order valence-corrected chi connectivity index (χ1v) is 6.26. The van der Waals surface area contributed by atoms with Crippen molar-refractivity contribution in [2.24, 2.45) is 0 Å². The average molecular weight is 194 g/mol. The Morgan fingerprint density at radius 1 is 1.45 bits per heavy atom. The molecule has 2 rings (SSSR count). The van der Waals surface area contributed by atoms with Gasteiger partial charge in [-0.2, -0.15) is 0 Å². The summed E-state index contributed by atoms with van der Waals surface area (Å²) < 4.78 is 7.84. The Bertz CT molecular complexity index is 157. The Balaban J connectivity index is 2.05. The third kappa shape index (κ3) is 1.42. The van der Waals surface area contributed by atoms with Gasteiger partial charge in [-0.25, -0.2) is 4.67 Å². The van der Waals surface area contributed by atoms with E-state index in [-0.39, 0.29) is 0 Å². The molecule has 2 aliphatic rings. The fraction of sp³-hybridized carbons (Fsp3) is 1.00. The fourth-order valence-electron chi connectivity index (χ4n) is 1.93. The van der Waals surface area contributed by atoms with Crippen molar-refractivity contribution in [1.29, 1.82) is 0 Å². The molecule has 1 aliphatic heterocycles. The van der Waals surface area contributed by atoms with E-state index in [0.29, 0.717) is 12.1 Å². The lowest BCUT2D eigenvalue weighted by Crippen LogP contribution is -2.33. The molecule has 0 aromatic carbocycles. The maximum Gasteiger partial charge on any atom is 0.207 e. The van der Waals surface area contributed by atoms with Crippen LogP contribution in [0, 0.1) is 0 Å². The molecule has 1 saturated heterocycles. The van der Waals surface area contributed by atoms with Gasteiger partial charge in [-0.3, -0.25) is 0 Å². The van der Waals surface area contributed by atoms with Crippen LogP contribution in [-0.4, -0.2) is 23.9 Å². The van der Waals surface area contributed by atoms with E-state index in [1.807, 2.05) is 0 Å². The Hall–Kier alpha value is 0.640. The Morgan fingerprint density at radius 3 is 2.91 bits per heavy atom. The van der Waals surface area contributed by atoms with Crippen LogP contribution in [0.2, 0.25) is 0 Å². The van der Waals surface area contributed by atoms with Gasteiger partial charge in [0.1, 0.15) is 0 Å². The second-order valence-corrected chi connectivity index (χ2v) is 5.46. The molecule has 1 heterocycles. The predicted molar refractivity (Wildman–Crippen MR) is 47.7 cm³/mol. The van der Waals surface area contributed by atoms with Crippen molar-refractivity contribution in [3.05, 3.63) is 0 Å². The number of halogens is 1. The van der Waals surface area contributed by atoms with E-state index in [1.54, 1.807) is 0 Å². The first-order chi connectivity index (χ1) is 5.29. The molecular weight excluding hydrogens is 181 g/mol. The standard InChI is InChI=1S/C7H13ClNOP/c1-9-6-4-2-3-5-7(6)10-11(9)8/h6-7H,2-5H2,1H3/t6-,7-,11?/m0/s1. The molecule has 64 valence electrons. The van der Waals surface area contributed by atoms with Gasteiger partial charge < -0.3 is 4.52 Å². The summed E-state index contributed by atoms with van der Waals surface area (Å²) in [6, 6.07) is 0.618. The summed E-state index contributed by atoms with van der Waals surface area (Å²) in [7, 11) is 1.31. The first kappa shape index (κ1) is 8.25. The third-order valence-corrected chi connectivity index (χ3v) is 4.81. The molecular formula is C7H13ClNOP. The zero-order valence-electron chi connectivity index (χ0n) is 6.66. The lowest BCUT2D eigenvalue weighted by Gasteiger charge is -2.26. The summed E-state index contributed by atoms with van der Waals surface area (Å²) in [5, 5.41) is 0. The van der Waals surface area contributed by atoms with Crippen molar-refractivity contribution in [1.82, 2.24) is 4.67 Å². The van der Waals surface area contributed by atoms with Gasteiger partial charge in [0.05, 0.1) is 6.10 Å². The van der Waals surface area contributed by atoms with E-state index in [1.165, 1.54) is 25.7 Å². The van der Waals surface area contributed by atoms with Gasteiger partial charge in [-0.1, -0.05) is 12.8 Å². The summed E-state index contributed by atoms with van der Waals surface area (Å²) in [5.74, 6) is 0. The van der Waals surface area contributed by atoms with Crippen LogP contribution in [0.4, 0.5) is 0 Å². The van der Waals surface area contributed by atoms with Crippen LogP contribution >= 0.6 is 18.9 Å². The average Bonchev–Trinajstić information content (AvgIpc) is 2.30. The fourth-order valence-corrected chi connectivity index (χ4v) is 3.69. The van der Waals surface area contributed by atoms with Crippen LogP contribution < -0.4 is 0 Å². The van der Waals surface area contributed by atoms with Crippen molar-refractivity contribution in [2.75, 3.05) is 7.05 Å². The predicted octanol–water partition coefficient (Wildman–Crippen LogP) is 2.73. The van der Waals surface area contributed by atoms with Gasteiger partial charge in [-0.15, -0.1) is 0 Å². The molecule has 0 spiro atoms. The molecule has 0 aromatic heterocycles. The molecule has 2 nitrogen and oxygen atoms in total. The molecule has 1 saturated carbocycles. The normalized spacial score (nSPS) is 45.8. The SMILES string of the molecule is CN1[C@H]2CCCC[C@@H]2OP1Cl. The molecule has 4 heteroatoms. The van der Waals surface area contributed by atoms with Gasteiger partial charge in [0.15, 0.2) is 0 Å². The van der Waals surface area contributed by atoms with Gasteiger partial charge in [0.2, 0.25) is 7.65 Å². The summed E-state index contributed by atoms with van der Waals surface area (Å²) in [6.45, 7) is 0. The molecule has 0 aromatic rings. The minimum absolute atomic E-state index is 0.442. The highest BCUT2D eigenvalue weighted by atomic mass is 35.7. The molecule has 1 aliphatic carbocycles. The zero-order valence-corrected chi connectivity index (χ0v) is 8.31. The monoisotopic (exact) mass is 193 g/mol. The van der Waals surface area contributed by atoms with E-state index in [2.05, 4.69) is 11.7 Å². The Kier molecular flexibility index (Phi) is 2.38. The van der Waals surface area contributed by atoms with Gasteiger partial charge >= 0.3 is 0 Å². The van der Waals surface area contributed by atoms with E-state index < -0.39 is 7.65 Å². The van der Waals surface area contributed by atoms with Crippen LogP contribution in [0.1, 0.15) is 25.7 Å². The van der Waals surface area contributed by atoms with Crippen LogP contribution in [0.5, 0.6) is 0 Å². The van der Waals surface area contributed by atoms with Gasteiger partial charge in [0.25, 0.3) is 0 Å². The maximum absolute atomic E-state index is 6.01. The number of nitrogens with zero attached hydrogens (tertiary/aromatic N) is 1. The van der Waals surface area contributed by atoms with E-state index >= 15 is 0 Å². The van der Waals surface area contributed by atoms with E-state index in [4.69, 9.17) is 15.8 Å². The molecule has 3 atom stereocenters. The molecule has 0 radical (unpaired) electrons. The second kappa shape index (κ2) is 3.18. The third-order valence-electron chi connectivity index (χ3n) is 2.62. The summed E-state index contributed by atoms with van der Waals surface area (Å²) in [6.07, 6.45) is 5.58. The smallest absolute Gasteiger partial charge is 0.207 e.